The first-order chi connectivity index (χ1) is 13.2. The fourth-order valence-corrected chi connectivity index (χ4v) is 5.07. The highest BCUT2D eigenvalue weighted by molar-refractivity contribution is 5.71. The molecule has 0 spiro atoms. The largest absolute Gasteiger partial charge is 0.462 e. The number of rotatable bonds is 7. The summed E-state index contributed by atoms with van der Waals surface area (Å²) in [5.41, 5.74) is 1.24. The maximum absolute atomic E-state index is 13.0. The van der Waals surface area contributed by atoms with Crippen molar-refractivity contribution < 1.29 is 13.9 Å². The van der Waals surface area contributed by atoms with Gasteiger partial charge in [0.05, 0.1) is 6.42 Å². The fraction of sp³-hybridized carbons (Fsp3) is 0.625. The molecule has 2 aliphatic carbocycles. The Morgan fingerprint density at radius 2 is 1.78 bits per heavy atom. The topological polar surface area (TPSA) is 26.3 Å². The van der Waals surface area contributed by atoms with E-state index in [1.165, 1.54) is 56.9 Å². The van der Waals surface area contributed by atoms with E-state index in [9.17, 15) is 9.18 Å². The quantitative estimate of drug-likeness (QED) is 0.418. The van der Waals surface area contributed by atoms with Crippen molar-refractivity contribution >= 4 is 5.97 Å². The first-order valence-corrected chi connectivity index (χ1v) is 10.7. The summed E-state index contributed by atoms with van der Waals surface area (Å²) in [6.07, 6.45) is 14.0. The van der Waals surface area contributed by atoms with Gasteiger partial charge in [-0.1, -0.05) is 37.5 Å². The van der Waals surface area contributed by atoms with Gasteiger partial charge in [-0.05, 0) is 80.4 Å². The van der Waals surface area contributed by atoms with Crippen LogP contribution in [0.15, 0.2) is 36.9 Å². The second-order valence-electron chi connectivity index (χ2n) is 8.42. The van der Waals surface area contributed by atoms with E-state index >= 15 is 0 Å². The molecule has 0 radical (unpaired) electrons. The standard InChI is InChI=1S/C24H33FO2/c1-2-5-24(26)27-23-7-4-3-6-22(23)20-14-10-18(11-15-20)8-9-19-12-16-21(25)17-13-19/h2,12-13,16-18,20,22-23H,1,3-11,14-15H2. The lowest BCUT2D eigenvalue weighted by Gasteiger charge is -2.40. The normalized spacial score (nSPS) is 28.5. The summed E-state index contributed by atoms with van der Waals surface area (Å²) in [6, 6.07) is 6.93. The Balaban J connectivity index is 1.46. The minimum absolute atomic E-state index is 0.116. The van der Waals surface area contributed by atoms with E-state index in [0.717, 1.165) is 18.8 Å². The molecule has 0 amide bonds. The van der Waals surface area contributed by atoms with Crippen LogP contribution in [-0.2, 0) is 16.0 Å². The monoisotopic (exact) mass is 372 g/mol. The lowest BCUT2D eigenvalue weighted by atomic mass is 9.69. The van der Waals surface area contributed by atoms with Crippen molar-refractivity contribution in [2.75, 3.05) is 0 Å². The van der Waals surface area contributed by atoms with Gasteiger partial charge in [0.25, 0.3) is 0 Å². The van der Waals surface area contributed by atoms with Crippen LogP contribution in [0.3, 0.4) is 0 Å². The Labute approximate surface area is 163 Å². The average Bonchev–Trinajstić information content (AvgIpc) is 2.69. The van der Waals surface area contributed by atoms with Crippen molar-refractivity contribution in [2.24, 2.45) is 17.8 Å². The molecule has 0 aliphatic heterocycles. The molecule has 2 atom stereocenters. The Hall–Kier alpha value is -1.64. The lowest BCUT2D eigenvalue weighted by Crippen LogP contribution is -2.36. The second kappa shape index (κ2) is 10.1. The molecule has 27 heavy (non-hydrogen) atoms. The predicted octanol–water partition coefficient (Wildman–Crippen LogP) is 6.24. The van der Waals surface area contributed by atoms with E-state index in [1.807, 2.05) is 12.1 Å². The highest BCUT2D eigenvalue weighted by atomic mass is 19.1. The first-order valence-electron chi connectivity index (χ1n) is 10.7. The summed E-state index contributed by atoms with van der Waals surface area (Å²) in [6.45, 7) is 3.64. The minimum Gasteiger partial charge on any atom is -0.462 e. The number of benzene rings is 1. The number of halogens is 1. The first kappa shape index (κ1) is 20.1. The smallest absolute Gasteiger partial charge is 0.309 e. The van der Waals surface area contributed by atoms with Gasteiger partial charge in [-0.15, -0.1) is 6.58 Å². The predicted molar refractivity (Wildman–Crippen MR) is 107 cm³/mol. The maximum Gasteiger partial charge on any atom is 0.309 e. The van der Waals surface area contributed by atoms with Crippen LogP contribution in [-0.4, -0.2) is 12.1 Å². The number of carbonyl (C=O) groups is 1. The van der Waals surface area contributed by atoms with E-state index in [4.69, 9.17) is 4.74 Å². The highest BCUT2D eigenvalue weighted by Crippen LogP contribution is 2.42. The number of hydrogen-bond acceptors (Lipinski definition) is 2. The Bertz CT molecular complexity index is 601. The van der Waals surface area contributed by atoms with Crippen LogP contribution in [0.4, 0.5) is 4.39 Å². The number of carbonyl (C=O) groups excluding carboxylic acids is 1. The van der Waals surface area contributed by atoms with Crippen LogP contribution in [0, 0.1) is 23.6 Å². The Kier molecular flexibility index (Phi) is 7.49. The van der Waals surface area contributed by atoms with Gasteiger partial charge in [0, 0.05) is 0 Å². The number of ether oxygens (including phenoxy) is 1. The molecule has 148 valence electrons. The summed E-state index contributed by atoms with van der Waals surface area (Å²) in [4.78, 5) is 11.9. The van der Waals surface area contributed by atoms with Crippen LogP contribution in [0.1, 0.15) is 69.8 Å². The van der Waals surface area contributed by atoms with Crippen LogP contribution < -0.4 is 0 Å². The third-order valence-electron chi connectivity index (χ3n) is 6.60. The van der Waals surface area contributed by atoms with Crippen LogP contribution in [0.5, 0.6) is 0 Å². The highest BCUT2D eigenvalue weighted by Gasteiger charge is 2.36. The molecule has 3 heteroatoms. The van der Waals surface area contributed by atoms with Crippen molar-refractivity contribution in [3.8, 4) is 0 Å². The van der Waals surface area contributed by atoms with Gasteiger partial charge in [0.2, 0.25) is 0 Å². The number of aryl methyl sites for hydroxylation is 1. The molecule has 2 unspecified atom stereocenters. The molecule has 2 fully saturated rings. The zero-order chi connectivity index (χ0) is 19.1. The van der Waals surface area contributed by atoms with E-state index in [0.29, 0.717) is 18.3 Å². The summed E-state index contributed by atoms with van der Waals surface area (Å²) >= 11 is 0. The zero-order valence-electron chi connectivity index (χ0n) is 16.4. The van der Waals surface area contributed by atoms with Crippen LogP contribution in [0.25, 0.3) is 0 Å². The maximum atomic E-state index is 13.0. The van der Waals surface area contributed by atoms with Gasteiger partial charge in [0.15, 0.2) is 0 Å². The molecule has 1 aromatic carbocycles. The Morgan fingerprint density at radius 1 is 1.07 bits per heavy atom. The summed E-state index contributed by atoms with van der Waals surface area (Å²) in [7, 11) is 0. The third kappa shape index (κ3) is 5.92. The van der Waals surface area contributed by atoms with Crippen molar-refractivity contribution in [3.05, 3.63) is 48.3 Å². The van der Waals surface area contributed by atoms with Crippen molar-refractivity contribution in [1.82, 2.24) is 0 Å². The number of hydrogen-bond donors (Lipinski definition) is 0. The fourth-order valence-electron chi connectivity index (χ4n) is 5.07. The summed E-state index contributed by atoms with van der Waals surface area (Å²) in [5.74, 6) is 1.75. The van der Waals surface area contributed by atoms with Crippen molar-refractivity contribution in [3.63, 3.8) is 0 Å². The van der Waals surface area contributed by atoms with Gasteiger partial charge in [-0.25, -0.2) is 4.39 Å². The van der Waals surface area contributed by atoms with Crippen molar-refractivity contribution in [1.29, 1.82) is 0 Å². The van der Waals surface area contributed by atoms with E-state index < -0.39 is 0 Å². The Morgan fingerprint density at radius 3 is 2.48 bits per heavy atom. The zero-order valence-corrected chi connectivity index (χ0v) is 16.4. The molecule has 2 nitrogen and oxygen atoms in total. The van der Waals surface area contributed by atoms with Crippen LogP contribution in [0.2, 0.25) is 0 Å². The molecule has 0 N–H and O–H groups in total. The molecule has 2 saturated carbocycles. The summed E-state index contributed by atoms with van der Waals surface area (Å²) < 4.78 is 18.8. The molecule has 0 saturated heterocycles. The van der Waals surface area contributed by atoms with Crippen molar-refractivity contribution in [2.45, 2.75) is 76.7 Å². The molecular weight excluding hydrogens is 339 g/mol. The van der Waals surface area contributed by atoms with E-state index in [2.05, 4.69) is 6.58 Å². The molecule has 2 aliphatic rings. The molecule has 3 rings (SSSR count). The average molecular weight is 373 g/mol. The lowest BCUT2D eigenvalue weighted by molar-refractivity contribution is -0.154. The van der Waals surface area contributed by atoms with Gasteiger partial charge >= 0.3 is 5.97 Å². The minimum atomic E-state index is -0.157. The van der Waals surface area contributed by atoms with E-state index in [-0.39, 0.29) is 17.9 Å². The molecular formula is C24H33FO2. The van der Waals surface area contributed by atoms with E-state index in [1.54, 1.807) is 18.2 Å². The van der Waals surface area contributed by atoms with Gasteiger partial charge in [-0.2, -0.15) is 0 Å². The second-order valence-corrected chi connectivity index (χ2v) is 8.42. The number of esters is 1. The molecule has 0 aromatic heterocycles. The molecule has 0 heterocycles. The summed E-state index contributed by atoms with van der Waals surface area (Å²) in [5, 5.41) is 0. The molecule has 0 bridgehead atoms. The third-order valence-corrected chi connectivity index (χ3v) is 6.60. The van der Waals surface area contributed by atoms with Gasteiger partial charge in [-0.3, -0.25) is 4.79 Å². The van der Waals surface area contributed by atoms with Crippen LogP contribution >= 0.6 is 0 Å². The van der Waals surface area contributed by atoms with Gasteiger partial charge in [0.1, 0.15) is 11.9 Å². The molecule has 1 aromatic rings. The van der Waals surface area contributed by atoms with Gasteiger partial charge < -0.3 is 4.74 Å². The SMILES string of the molecule is C=CCC(=O)OC1CCCCC1C1CCC(CCc2ccc(F)cc2)CC1.